The molecule has 0 atom stereocenters. The summed E-state index contributed by atoms with van der Waals surface area (Å²) in [4.78, 5) is 16.1. The average Bonchev–Trinajstić information content (AvgIpc) is 1.49. The molecular weight excluding hydrogens is 1050 g/mol. The van der Waals surface area contributed by atoms with Gasteiger partial charge in [0.05, 0.1) is 16.8 Å². The third kappa shape index (κ3) is 9.15. The third-order valence-electron chi connectivity index (χ3n) is 17.7. The van der Waals surface area contributed by atoms with E-state index in [1.807, 2.05) is 43.4 Å². The van der Waals surface area contributed by atoms with Gasteiger partial charge in [-0.15, -0.1) is 0 Å². The number of aromatic nitrogens is 2. The molecule has 0 unspecified atom stereocenters. The van der Waals surface area contributed by atoms with Crippen LogP contribution in [0.2, 0.25) is 0 Å². The van der Waals surface area contributed by atoms with Gasteiger partial charge >= 0.3 is 0 Å². The Labute approximate surface area is 507 Å². The quantitative estimate of drug-likeness (QED) is 0.127. The number of anilines is 6. The Hall–Kier alpha value is -9.26. The minimum absolute atomic E-state index is 0.0577. The monoisotopic (exact) mass is 1120 g/mol. The molecule has 13 rings (SSSR count). The summed E-state index contributed by atoms with van der Waals surface area (Å²) >= 11 is 0. The van der Waals surface area contributed by atoms with Crippen LogP contribution in [0.5, 0.6) is 0 Å². The second-order valence-electron chi connectivity index (χ2n) is 27.5. The van der Waals surface area contributed by atoms with Crippen LogP contribution in [-0.2, 0) is 27.1 Å². The van der Waals surface area contributed by atoms with E-state index in [0.717, 1.165) is 73.0 Å². The summed E-state index contributed by atoms with van der Waals surface area (Å²) in [5.41, 5.74) is 22.7. The molecule has 2 aliphatic rings. The number of oxazole rings is 2. The van der Waals surface area contributed by atoms with Gasteiger partial charge < -0.3 is 18.6 Å². The van der Waals surface area contributed by atoms with Crippen molar-refractivity contribution < 1.29 is 8.83 Å². The molecule has 6 nitrogen and oxygen atoms in total. The Morgan fingerprint density at radius 2 is 0.814 bits per heavy atom. The summed E-state index contributed by atoms with van der Waals surface area (Å²) in [5.74, 6) is 1.00. The van der Waals surface area contributed by atoms with Crippen molar-refractivity contribution >= 4 is 61.9 Å². The van der Waals surface area contributed by atoms with Gasteiger partial charge in [-0.2, -0.15) is 0 Å². The lowest BCUT2D eigenvalue weighted by molar-refractivity contribution is 0.586. The number of nitrogens with zero attached hydrogens (tertiary/aromatic N) is 4. The largest absolute Gasteiger partial charge is 0.435 e. The van der Waals surface area contributed by atoms with Crippen molar-refractivity contribution in [2.24, 2.45) is 0 Å². The molecule has 0 aliphatic heterocycles. The summed E-state index contributed by atoms with van der Waals surface area (Å²) in [6.07, 6.45) is 7.84. The Morgan fingerprint density at radius 3 is 1.20 bits per heavy atom. The maximum absolute atomic E-state index is 7.56. The molecule has 0 fully saturated rings. The highest BCUT2D eigenvalue weighted by Crippen LogP contribution is 2.67. The van der Waals surface area contributed by atoms with Crippen molar-refractivity contribution in [1.29, 1.82) is 0 Å². The first-order chi connectivity index (χ1) is 41.1. The number of fused-ring (bicyclic) bond motifs is 14. The van der Waals surface area contributed by atoms with Crippen LogP contribution in [-0.4, -0.2) is 9.97 Å². The third-order valence-corrected chi connectivity index (χ3v) is 17.7. The zero-order valence-corrected chi connectivity index (χ0v) is 52.0. The lowest BCUT2D eigenvalue weighted by atomic mass is 9.70. The van der Waals surface area contributed by atoms with E-state index in [-0.39, 0.29) is 21.7 Å². The summed E-state index contributed by atoms with van der Waals surface area (Å²) in [7, 11) is 0. The molecule has 2 heterocycles. The molecule has 86 heavy (non-hydrogen) atoms. The number of hydrogen-bond donors (Lipinski definition) is 0. The van der Waals surface area contributed by atoms with Crippen LogP contribution in [0, 0.1) is 0 Å². The van der Waals surface area contributed by atoms with E-state index in [2.05, 4.69) is 269 Å². The van der Waals surface area contributed by atoms with Crippen molar-refractivity contribution in [3.63, 3.8) is 0 Å². The molecule has 0 N–H and O–H groups in total. The molecule has 9 aromatic carbocycles. The highest BCUT2D eigenvalue weighted by atomic mass is 16.4. The predicted octanol–water partition coefficient (Wildman–Crippen LogP) is 22.3. The minimum Gasteiger partial charge on any atom is -0.435 e. The van der Waals surface area contributed by atoms with Crippen molar-refractivity contribution in [2.75, 3.05) is 9.80 Å². The van der Waals surface area contributed by atoms with E-state index in [1.165, 1.54) is 44.5 Å². The molecule has 2 aromatic heterocycles. The van der Waals surface area contributed by atoms with Crippen molar-refractivity contribution in [1.82, 2.24) is 9.97 Å². The molecule has 0 saturated heterocycles. The highest BCUT2D eigenvalue weighted by Gasteiger charge is 2.55. The lowest BCUT2D eigenvalue weighted by Crippen LogP contribution is -2.26. The number of allylic oxidation sites excluding steroid dienone is 5. The normalized spacial score (nSPS) is 13.8. The van der Waals surface area contributed by atoms with Gasteiger partial charge in [-0.3, -0.25) is 0 Å². The van der Waals surface area contributed by atoms with E-state index in [0.29, 0.717) is 28.5 Å². The van der Waals surface area contributed by atoms with Gasteiger partial charge in [0.15, 0.2) is 11.2 Å². The molecule has 428 valence electrons. The SMILES string of the molecule is C=C/C=C(\C=C/C)c1nc2c(N(c3ccc(C(C)(C)C)cc3)c3ccc(C(C)(C)C)cc3)cc3c(c2o1)-c1c(cc(N(c2ccc(C(C)(C)C)cc2)c2ccc(C(C)(C)C)cc2)c2nc(-c4ccccc4)oc12)C31c2ccccc2-c2ccccc21. The first-order valence-electron chi connectivity index (χ1n) is 30.3. The second kappa shape index (κ2) is 20.5. The molecule has 6 heteroatoms. The maximum atomic E-state index is 7.56. The van der Waals surface area contributed by atoms with Gasteiger partial charge in [-0.25, -0.2) is 9.97 Å². The van der Waals surface area contributed by atoms with Crippen molar-refractivity contribution in [2.45, 2.75) is 117 Å². The number of hydrogen-bond acceptors (Lipinski definition) is 6. The van der Waals surface area contributed by atoms with Gasteiger partial charge in [-0.1, -0.05) is 229 Å². The first kappa shape index (κ1) is 55.9. The van der Waals surface area contributed by atoms with Crippen LogP contribution in [0.15, 0.2) is 228 Å². The van der Waals surface area contributed by atoms with Crippen LogP contribution < -0.4 is 9.80 Å². The van der Waals surface area contributed by atoms with Gasteiger partial charge in [0, 0.05) is 45.0 Å². The highest BCUT2D eigenvalue weighted by molar-refractivity contribution is 6.16. The fraction of sp³-hybridized carbons (Fsp3) is 0.225. The number of rotatable bonds is 10. The summed E-state index contributed by atoms with van der Waals surface area (Å²) < 4.78 is 15.1. The van der Waals surface area contributed by atoms with Crippen LogP contribution in [0.1, 0.15) is 140 Å². The topological polar surface area (TPSA) is 58.5 Å². The molecule has 2 aliphatic carbocycles. The van der Waals surface area contributed by atoms with E-state index in [1.54, 1.807) is 6.08 Å². The van der Waals surface area contributed by atoms with Gasteiger partial charge in [0.1, 0.15) is 11.0 Å². The Balaban J connectivity index is 1.22. The van der Waals surface area contributed by atoms with Crippen molar-refractivity contribution in [3.05, 3.63) is 269 Å². The molecular formula is C80H76N4O2. The zero-order chi connectivity index (χ0) is 60.2. The average molecular weight is 1130 g/mol. The molecule has 11 aromatic rings. The Kier molecular flexibility index (Phi) is 13.3. The van der Waals surface area contributed by atoms with Gasteiger partial charge in [0.25, 0.3) is 0 Å². The van der Waals surface area contributed by atoms with Gasteiger partial charge in [-0.05, 0) is 157 Å². The van der Waals surface area contributed by atoms with Crippen LogP contribution in [0.4, 0.5) is 34.1 Å². The van der Waals surface area contributed by atoms with E-state index in [9.17, 15) is 0 Å². The number of benzene rings is 9. The zero-order valence-electron chi connectivity index (χ0n) is 52.0. The lowest BCUT2D eigenvalue weighted by Gasteiger charge is -2.33. The maximum Gasteiger partial charge on any atom is 0.227 e. The van der Waals surface area contributed by atoms with E-state index in [4.69, 9.17) is 18.8 Å². The Morgan fingerprint density at radius 1 is 0.442 bits per heavy atom. The van der Waals surface area contributed by atoms with Crippen molar-refractivity contribution in [3.8, 4) is 33.7 Å². The second-order valence-corrected chi connectivity index (χ2v) is 27.5. The molecule has 0 bridgehead atoms. The predicted molar refractivity (Wildman–Crippen MR) is 360 cm³/mol. The van der Waals surface area contributed by atoms with Gasteiger partial charge in [0.2, 0.25) is 11.8 Å². The van der Waals surface area contributed by atoms with Crippen LogP contribution in [0.3, 0.4) is 0 Å². The molecule has 1 spiro atoms. The van der Waals surface area contributed by atoms with E-state index < -0.39 is 5.41 Å². The minimum atomic E-state index is -0.921. The first-order valence-corrected chi connectivity index (χ1v) is 30.3. The summed E-state index contributed by atoms with van der Waals surface area (Å²) in [6, 6.07) is 69.4. The van der Waals surface area contributed by atoms with E-state index >= 15 is 0 Å². The molecule has 0 amide bonds. The standard InChI is InChI=1S/C80H76N4O2/c1-15-24-50(25-16-2)74-81-70-66(83(56-40-32-52(33-41-56)76(3,4)5)57-42-34-53(35-43-57)77(6,7)8)48-64-68(72(70)85-74)69-65(80(64)62-30-22-20-28-60(62)61-29-21-23-31-63(61)80)49-67(71-73(69)86-75(82-71)51-26-18-17-19-27-51)84(58-44-36-54(37-45-58)78(9,10)11)59-46-38-55(39-47-59)79(12,13)14/h15-49H,1H2,2-14H3/b25-16-,50-24+. The summed E-state index contributed by atoms with van der Waals surface area (Å²) in [6.45, 7) is 33.4. The smallest absolute Gasteiger partial charge is 0.227 e. The van der Waals surface area contributed by atoms with Crippen LogP contribution in [0.25, 0.3) is 61.5 Å². The Bertz CT molecular complexity index is 4330. The molecule has 0 saturated carbocycles. The fourth-order valence-corrected chi connectivity index (χ4v) is 13.1. The fourth-order valence-electron chi connectivity index (χ4n) is 13.1. The summed E-state index contributed by atoms with van der Waals surface area (Å²) in [5, 5.41) is 0. The van der Waals surface area contributed by atoms with Crippen LogP contribution >= 0.6 is 0 Å². The molecule has 0 radical (unpaired) electrons.